The molecule has 0 aliphatic carbocycles. The molecule has 12 heteroatoms. The number of hydrogen-bond donors (Lipinski definition) is 2. The van der Waals surface area contributed by atoms with Gasteiger partial charge in [0.15, 0.2) is 5.13 Å². The molecule has 2 heterocycles. The van der Waals surface area contributed by atoms with Gasteiger partial charge in [-0.1, -0.05) is 17.4 Å². The molecule has 0 unspecified atom stereocenters. The molecule has 3 rings (SSSR count). The predicted octanol–water partition coefficient (Wildman–Crippen LogP) is 2.93. The standard InChI is InChI=1S/C15H14N6O4S2/c1-9-13(26-15(17-9)20-27(2,24)25)12-6-7-16-14(19-12)18-10-4-3-5-11(8-10)21(22)23/h3-8H,1-2H3,(H,17,20)(H,16,18,19). The summed E-state index contributed by atoms with van der Waals surface area (Å²) in [5.74, 6) is 0.249. The highest BCUT2D eigenvalue weighted by Gasteiger charge is 2.14. The van der Waals surface area contributed by atoms with E-state index in [1.54, 1.807) is 25.1 Å². The lowest BCUT2D eigenvalue weighted by atomic mass is 10.3. The van der Waals surface area contributed by atoms with Crippen LogP contribution in [0.15, 0.2) is 36.5 Å². The van der Waals surface area contributed by atoms with E-state index in [9.17, 15) is 18.5 Å². The van der Waals surface area contributed by atoms with Crippen molar-refractivity contribution < 1.29 is 13.3 Å². The molecule has 0 bridgehead atoms. The van der Waals surface area contributed by atoms with Crippen LogP contribution in [0.3, 0.4) is 0 Å². The predicted molar refractivity (Wildman–Crippen MR) is 103 cm³/mol. The SMILES string of the molecule is Cc1nc(NS(C)(=O)=O)sc1-c1ccnc(Nc2cccc([N+](=O)[O-])c2)n1. The van der Waals surface area contributed by atoms with Gasteiger partial charge in [0.25, 0.3) is 5.69 Å². The van der Waals surface area contributed by atoms with Crippen molar-refractivity contribution in [1.82, 2.24) is 15.0 Å². The van der Waals surface area contributed by atoms with Crippen LogP contribution in [-0.2, 0) is 10.0 Å². The molecule has 10 nitrogen and oxygen atoms in total. The lowest BCUT2D eigenvalue weighted by Gasteiger charge is -2.06. The van der Waals surface area contributed by atoms with Gasteiger partial charge in [0.1, 0.15) is 0 Å². The quantitative estimate of drug-likeness (QED) is 0.470. The van der Waals surface area contributed by atoms with Gasteiger partial charge in [-0.05, 0) is 19.1 Å². The Morgan fingerprint density at radius 2 is 2.00 bits per heavy atom. The number of rotatable bonds is 6. The number of nitrogens with zero attached hydrogens (tertiary/aromatic N) is 4. The molecule has 0 radical (unpaired) electrons. The second kappa shape index (κ2) is 7.25. The fraction of sp³-hybridized carbons (Fsp3) is 0.133. The molecule has 140 valence electrons. The van der Waals surface area contributed by atoms with Crippen LogP contribution in [0.1, 0.15) is 5.69 Å². The average Bonchev–Trinajstić information content (AvgIpc) is 2.93. The van der Waals surface area contributed by atoms with Crippen LogP contribution in [0, 0.1) is 17.0 Å². The van der Waals surface area contributed by atoms with Crippen molar-refractivity contribution in [2.75, 3.05) is 16.3 Å². The topological polar surface area (TPSA) is 140 Å². The summed E-state index contributed by atoms with van der Waals surface area (Å²) < 4.78 is 25.1. The molecule has 2 N–H and O–H groups in total. The van der Waals surface area contributed by atoms with Gasteiger partial charge in [0, 0.05) is 24.0 Å². The molecular weight excluding hydrogens is 392 g/mol. The maximum atomic E-state index is 11.4. The summed E-state index contributed by atoms with van der Waals surface area (Å²) in [6.07, 6.45) is 2.58. The van der Waals surface area contributed by atoms with Crippen LogP contribution in [0.2, 0.25) is 0 Å². The number of nitro benzene ring substituents is 1. The summed E-state index contributed by atoms with van der Waals surface area (Å²) in [4.78, 5) is 23.8. The number of thiazole rings is 1. The van der Waals surface area contributed by atoms with Crippen LogP contribution in [0.25, 0.3) is 10.6 Å². The molecule has 0 saturated carbocycles. The maximum absolute atomic E-state index is 11.4. The first-order valence-corrected chi connectivity index (χ1v) is 10.2. The summed E-state index contributed by atoms with van der Waals surface area (Å²) >= 11 is 1.15. The van der Waals surface area contributed by atoms with Gasteiger partial charge in [0.05, 0.1) is 27.4 Å². The van der Waals surface area contributed by atoms with Crippen LogP contribution >= 0.6 is 11.3 Å². The first kappa shape index (κ1) is 18.7. The minimum atomic E-state index is -3.42. The minimum Gasteiger partial charge on any atom is -0.324 e. The zero-order chi connectivity index (χ0) is 19.6. The summed E-state index contributed by atoms with van der Waals surface area (Å²) in [5.41, 5.74) is 1.59. The number of nitro groups is 1. The van der Waals surface area contributed by atoms with Gasteiger partial charge in [-0.15, -0.1) is 0 Å². The molecule has 0 fully saturated rings. The first-order chi connectivity index (χ1) is 12.7. The van der Waals surface area contributed by atoms with Crippen molar-refractivity contribution in [3.8, 4) is 10.6 Å². The molecule has 1 aromatic carbocycles. The Balaban J connectivity index is 1.88. The zero-order valence-corrected chi connectivity index (χ0v) is 15.8. The van der Waals surface area contributed by atoms with E-state index < -0.39 is 14.9 Å². The van der Waals surface area contributed by atoms with Gasteiger partial charge in [0.2, 0.25) is 16.0 Å². The largest absolute Gasteiger partial charge is 0.324 e. The van der Waals surface area contributed by atoms with Gasteiger partial charge in [-0.25, -0.2) is 23.4 Å². The number of benzene rings is 1. The zero-order valence-electron chi connectivity index (χ0n) is 14.2. The molecule has 0 spiro atoms. The Labute approximate surface area is 158 Å². The number of non-ortho nitro benzene ring substituents is 1. The average molecular weight is 406 g/mol. The number of nitrogens with one attached hydrogen (secondary N) is 2. The number of sulfonamides is 1. The van der Waals surface area contributed by atoms with E-state index in [0.717, 1.165) is 17.6 Å². The van der Waals surface area contributed by atoms with Crippen LogP contribution < -0.4 is 10.0 Å². The summed E-state index contributed by atoms with van der Waals surface area (Å²) in [7, 11) is -3.42. The molecular formula is C15H14N6O4S2. The van der Waals surface area contributed by atoms with E-state index in [1.807, 2.05) is 0 Å². The van der Waals surface area contributed by atoms with Crippen molar-refractivity contribution in [1.29, 1.82) is 0 Å². The number of hydrogen-bond acceptors (Lipinski definition) is 9. The molecule has 0 saturated heterocycles. The normalized spacial score (nSPS) is 11.2. The second-order valence-corrected chi connectivity index (χ2v) is 8.25. The van der Waals surface area contributed by atoms with Gasteiger partial charge < -0.3 is 5.32 Å². The summed E-state index contributed by atoms with van der Waals surface area (Å²) in [6.45, 7) is 1.75. The lowest BCUT2D eigenvalue weighted by Crippen LogP contribution is -2.08. The van der Waals surface area contributed by atoms with E-state index in [-0.39, 0.29) is 16.8 Å². The summed E-state index contributed by atoms with van der Waals surface area (Å²) in [5, 5.41) is 14.0. The fourth-order valence-electron chi connectivity index (χ4n) is 2.21. The highest BCUT2D eigenvalue weighted by molar-refractivity contribution is 7.92. The molecule has 0 atom stereocenters. The third kappa shape index (κ3) is 4.74. The molecule has 27 heavy (non-hydrogen) atoms. The number of aromatic nitrogens is 3. The van der Waals surface area contributed by atoms with Crippen molar-refractivity contribution in [2.45, 2.75) is 6.92 Å². The van der Waals surface area contributed by atoms with Gasteiger partial charge >= 0.3 is 0 Å². The Bertz CT molecular complexity index is 1110. The molecule has 3 aromatic rings. The van der Waals surface area contributed by atoms with Crippen molar-refractivity contribution in [3.05, 3.63) is 52.3 Å². The van der Waals surface area contributed by atoms with Crippen molar-refractivity contribution in [3.63, 3.8) is 0 Å². The Kier molecular flexibility index (Phi) is 5.01. The van der Waals surface area contributed by atoms with E-state index in [0.29, 0.717) is 22.0 Å². The monoisotopic (exact) mass is 406 g/mol. The first-order valence-electron chi connectivity index (χ1n) is 7.51. The third-order valence-corrected chi connectivity index (χ3v) is 5.06. The molecule has 0 aliphatic rings. The molecule has 0 aliphatic heterocycles. The van der Waals surface area contributed by atoms with E-state index in [1.165, 1.54) is 18.3 Å². The van der Waals surface area contributed by atoms with E-state index in [2.05, 4.69) is 25.0 Å². The number of anilines is 3. The number of aryl methyl sites for hydroxylation is 1. The highest BCUT2D eigenvalue weighted by Crippen LogP contribution is 2.32. The van der Waals surface area contributed by atoms with Crippen LogP contribution in [0.5, 0.6) is 0 Å². The van der Waals surface area contributed by atoms with Crippen molar-refractivity contribution in [2.24, 2.45) is 0 Å². The third-order valence-electron chi connectivity index (χ3n) is 3.27. The Hall–Kier alpha value is -3.12. The minimum absolute atomic E-state index is 0.0500. The Morgan fingerprint density at radius 3 is 2.70 bits per heavy atom. The lowest BCUT2D eigenvalue weighted by molar-refractivity contribution is -0.384. The molecule has 0 amide bonds. The van der Waals surface area contributed by atoms with Crippen molar-refractivity contribution >= 4 is 43.8 Å². The fourth-order valence-corrected chi connectivity index (χ4v) is 3.98. The van der Waals surface area contributed by atoms with Gasteiger partial charge in [-0.2, -0.15) is 0 Å². The highest BCUT2D eigenvalue weighted by atomic mass is 32.2. The maximum Gasteiger partial charge on any atom is 0.271 e. The Morgan fingerprint density at radius 1 is 1.22 bits per heavy atom. The van der Waals surface area contributed by atoms with E-state index >= 15 is 0 Å². The second-order valence-electron chi connectivity index (χ2n) is 5.51. The van der Waals surface area contributed by atoms with Gasteiger partial charge in [-0.3, -0.25) is 14.8 Å². The smallest absolute Gasteiger partial charge is 0.271 e. The summed E-state index contributed by atoms with van der Waals surface area (Å²) in [6, 6.07) is 7.65. The van der Waals surface area contributed by atoms with E-state index in [4.69, 9.17) is 0 Å². The van der Waals surface area contributed by atoms with Crippen LogP contribution in [-0.4, -0.2) is 34.5 Å². The van der Waals surface area contributed by atoms with Crippen LogP contribution in [0.4, 0.5) is 22.5 Å². The molecule has 2 aromatic heterocycles.